The van der Waals surface area contributed by atoms with Crippen LogP contribution in [-0.2, 0) is 14.0 Å². The molecule has 1 N–H and O–H groups in total. The van der Waals surface area contributed by atoms with Gasteiger partial charge in [-0.2, -0.15) is 0 Å². The molecule has 19 heavy (non-hydrogen) atoms. The SMILES string of the molecule is O=S1(OCCO)=CC=Cc2cc3ccccc3cc21. The molecule has 0 spiro atoms. The topological polar surface area (TPSA) is 46.5 Å². The Kier molecular flexibility index (Phi) is 3.14. The van der Waals surface area contributed by atoms with Gasteiger partial charge in [0, 0.05) is 5.37 Å². The molecule has 1 atom stereocenters. The van der Waals surface area contributed by atoms with E-state index in [-0.39, 0.29) is 13.2 Å². The number of allylic oxidation sites excluding steroid dienone is 1. The molecule has 0 fully saturated rings. The molecular formula is C15H14O3S. The van der Waals surface area contributed by atoms with Crippen LogP contribution < -0.4 is 0 Å². The lowest BCUT2D eigenvalue weighted by atomic mass is 10.1. The van der Waals surface area contributed by atoms with Crippen molar-refractivity contribution < 1.29 is 13.5 Å². The Morgan fingerprint density at radius 2 is 1.89 bits per heavy atom. The molecule has 0 saturated carbocycles. The van der Waals surface area contributed by atoms with Gasteiger partial charge >= 0.3 is 0 Å². The van der Waals surface area contributed by atoms with Crippen LogP contribution >= 0.6 is 0 Å². The van der Waals surface area contributed by atoms with Crippen LogP contribution in [0.3, 0.4) is 0 Å². The molecule has 2 aromatic rings. The monoisotopic (exact) mass is 274 g/mol. The van der Waals surface area contributed by atoms with Gasteiger partial charge in [-0.25, -0.2) is 4.21 Å². The van der Waals surface area contributed by atoms with E-state index in [9.17, 15) is 4.21 Å². The Labute approximate surface area is 112 Å². The van der Waals surface area contributed by atoms with E-state index in [4.69, 9.17) is 9.29 Å². The second kappa shape index (κ2) is 4.81. The van der Waals surface area contributed by atoms with Crippen LogP contribution in [-0.4, -0.2) is 27.9 Å². The van der Waals surface area contributed by atoms with Gasteiger partial charge in [-0.3, -0.25) is 4.18 Å². The molecule has 1 aliphatic rings. The van der Waals surface area contributed by atoms with Crippen LogP contribution in [0.4, 0.5) is 0 Å². The highest BCUT2D eigenvalue weighted by Gasteiger charge is 2.18. The summed E-state index contributed by atoms with van der Waals surface area (Å²) in [5.74, 6) is 0. The minimum atomic E-state index is -2.67. The van der Waals surface area contributed by atoms with Crippen LogP contribution in [0.2, 0.25) is 0 Å². The van der Waals surface area contributed by atoms with Crippen molar-refractivity contribution in [2.24, 2.45) is 0 Å². The molecule has 3 nitrogen and oxygen atoms in total. The summed E-state index contributed by atoms with van der Waals surface area (Å²) in [4.78, 5) is 0.683. The van der Waals surface area contributed by atoms with Gasteiger partial charge in [-0.05, 0) is 28.5 Å². The number of aliphatic hydroxyl groups excluding tert-OH is 1. The van der Waals surface area contributed by atoms with Crippen molar-refractivity contribution in [2.45, 2.75) is 4.90 Å². The average molecular weight is 274 g/mol. The Balaban J connectivity index is 2.21. The smallest absolute Gasteiger partial charge is 0.114 e. The average Bonchev–Trinajstić information content (AvgIpc) is 2.44. The lowest BCUT2D eigenvalue weighted by molar-refractivity contribution is 0.212. The van der Waals surface area contributed by atoms with Crippen molar-refractivity contribution in [3.8, 4) is 0 Å². The molecule has 4 heteroatoms. The normalized spacial score (nSPS) is 21.1. The fraction of sp³-hybridized carbons (Fsp3) is 0.133. The van der Waals surface area contributed by atoms with Crippen molar-refractivity contribution in [3.05, 3.63) is 48.0 Å². The van der Waals surface area contributed by atoms with Crippen LogP contribution in [0.15, 0.2) is 47.4 Å². The lowest BCUT2D eigenvalue weighted by Gasteiger charge is -2.17. The van der Waals surface area contributed by atoms with Gasteiger partial charge in [0.1, 0.15) is 9.80 Å². The summed E-state index contributed by atoms with van der Waals surface area (Å²) in [6.45, 7) is -0.0765. The quantitative estimate of drug-likeness (QED) is 0.873. The van der Waals surface area contributed by atoms with Crippen molar-refractivity contribution in [1.29, 1.82) is 0 Å². The lowest BCUT2D eigenvalue weighted by Crippen LogP contribution is -2.15. The molecule has 98 valence electrons. The molecular weight excluding hydrogens is 260 g/mol. The van der Waals surface area contributed by atoms with E-state index >= 15 is 0 Å². The molecule has 2 aromatic carbocycles. The van der Waals surface area contributed by atoms with Gasteiger partial charge in [-0.15, -0.1) is 0 Å². The zero-order valence-corrected chi connectivity index (χ0v) is 11.1. The molecule has 0 bridgehead atoms. The van der Waals surface area contributed by atoms with Crippen molar-refractivity contribution >= 4 is 32.0 Å². The highest BCUT2D eigenvalue weighted by Crippen LogP contribution is 2.28. The predicted molar refractivity (Wildman–Crippen MR) is 78.5 cm³/mol. The maximum atomic E-state index is 12.8. The summed E-state index contributed by atoms with van der Waals surface area (Å²) < 4.78 is 18.2. The van der Waals surface area contributed by atoms with Gasteiger partial charge in [0.15, 0.2) is 0 Å². The van der Waals surface area contributed by atoms with Crippen LogP contribution in [0.5, 0.6) is 0 Å². The second-order valence-electron chi connectivity index (χ2n) is 4.32. The zero-order chi connectivity index (χ0) is 13.3. The summed E-state index contributed by atoms with van der Waals surface area (Å²) in [5.41, 5.74) is 0.907. The molecule has 0 saturated heterocycles. The van der Waals surface area contributed by atoms with Gasteiger partial charge in [-0.1, -0.05) is 36.4 Å². The van der Waals surface area contributed by atoms with Gasteiger partial charge in [0.25, 0.3) is 0 Å². The standard InChI is InChI=1S/C15H14O3S/c16-7-8-18-19(17)9-3-6-14-10-12-4-1-2-5-13(12)11-15(14)19/h1-6,9-11,16H,7-8H2. The number of rotatable bonds is 3. The predicted octanol–water partition coefficient (Wildman–Crippen LogP) is 2.24. The third-order valence-corrected chi connectivity index (χ3v) is 5.07. The molecule has 0 aliphatic carbocycles. The minimum absolute atomic E-state index is 0.0649. The van der Waals surface area contributed by atoms with Gasteiger partial charge < -0.3 is 5.11 Å². The van der Waals surface area contributed by atoms with E-state index in [0.29, 0.717) is 4.90 Å². The van der Waals surface area contributed by atoms with E-state index < -0.39 is 9.80 Å². The maximum absolute atomic E-state index is 12.8. The first-order valence-corrected chi connectivity index (χ1v) is 7.61. The van der Waals surface area contributed by atoms with E-state index in [2.05, 4.69) is 0 Å². The molecule has 1 heterocycles. The minimum Gasteiger partial charge on any atom is -0.394 e. The van der Waals surface area contributed by atoms with E-state index in [1.807, 2.05) is 42.5 Å². The molecule has 0 radical (unpaired) electrons. The number of aliphatic hydroxyl groups is 1. The number of hydrogen-bond acceptors (Lipinski definition) is 3. The molecule has 3 rings (SSSR count). The van der Waals surface area contributed by atoms with E-state index in [1.165, 1.54) is 0 Å². The Morgan fingerprint density at radius 3 is 2.63 bits per heavy atom. The van der Waals surface area contributed by atoms with Gasteiger partial charge in [0.05, 0.1) is 18.1 Å². The highest BCUT2D eigenvalue weighted by molar-refractivity contribution is 7.97. The van der Waals surface area contributed by atoms with Crippen molar-refractivity contribution in [3.63, 3.8) is 0 Å². The fourth-order valence-corrected chi connectivity index (χ4v) is 3.90. The maximum Gasteiger partial charge on any atom is 0.114 e. The summed E-state index contributed by atoms with van der Waals surface area (Å²) in [6.07, 6.45) is 3.67. The number of hydrogen-bond donors (Lipinski definition) is 1. The van der Waals surface area contributed by atoms with Crippen LogP contribution in [0, 0.1) is 0 Å². The third kappa shape index (κ3) is 2.18. The molecule has 0 aromatic heterocycles. The molecule has 0 amide bonds. The van der Waals surface area contributed by atoms with Crippen molar-refractivity contribution in [1.82, 2.24) is 0 Å². The van der Waals surface area contributed by atoms with Crippen molar-refractivity contribution in [2.75, 3.05) is 13.2 Å². The first-order chi connectivity index (χ1) is 9.23. The first kappa shape index (κ1) is 12.4. The summed E-state index contributed by atoms with van der Waals surface area (Å²) in [5, 5.41) is 12.6. The van der Waals surface area contributed by atoms with Crippen LogP contribution in [0.1, 0.15) is 5.56 Å². The van der Waals surface area contributed by atoms with Crippen LogP contribution in [0.25, 0.3) is 16.8 Å². The molecule has 1 unspecified atom stereocenters. The summed E-state index contributed by atoms with van der Waals surface area (Å²) >= 11 is 0. The third-order valence-electron chi connectivity index (χ3n) is 3.07. The Morgan fingerprint density at radius 1 is 1.16 bits per heavy atom. The zero-order valence-electron chi connectivity index (χ0n) is 10.3. The number of benzene rings is 2. The summed E-state index contributed by atoms with van der Waals surface area (Å²) in [7, 11) is -2.67. The second-order valence-corrected chi connectivity index (χ2v) is 6.36. The van der Waals surface area contributed by atoms with E-state index in [0.717, 1.165) is 16.3 Å². The highest BCUT2D eigenvalue weighted by atomic mass is 32.2. The van der Waals surface area contributed by atoms with Gasteiger partial charge in [0.2, 0.25) is 0 Å². The fourth-order valence-electron chi connectivity index (χ4n) is 2.20. The number of fused-ring (bicyclic) bond motifs is 2. The summed E-state index contributed by atoms with van der Waals surface area (Å²) in [6, 6.07) is 11.9. The molecule has 1 aliphatic heterocycles. The Hall–Kier alpha value is -1.62. The largest absolute Gasteiger partial charge is 0.394 e. The van der Waals surface area contributed by atoms with E-state index in [1.54, 1.807) is 11.4 Å². The Bertz CT molecular complexity index is 768. The first-order valence-electron chi connectivity index (χ1n) is 6.07.